The van der Waals surface area contributed by atoms with E-state index >= 15 is 0 Å². The molecule has 1 aliphatic rings. The highest BCUT2D eigenvalue weighted by Gasteiger charge is 2.24. The number of aromatic amines is 1. The largest absolute Gasteiger partial charge is 0.379 e. The highest BCUT2D eigenvalue weighted by molar-refractivity contribution is 5.95. The summed E-state index contributed by atoms with van der Waals surface area (Å²) >= 11 is 0. The first-order valence-electron chi connectivity index (χ1n) is 8.65. The molecule has 1 fully saturated rings. The van der Waals surface area contributed by atoms with E-state index < -0.39 is 0 Å². The minimum absolute atomic E-state index is 0.0816. The van der Waals surface area contributed by atoms with Crippen LogP contribution in [0.1, 0.15) is 30.0 Å². The number of aromatic nitrogens is 3. The number of H-pyrrole nitrogens is 1. The Morgan fingerprint density at radius 3 is 3.08 bits per heavy atom. The molecule has 1 amide bonds. The number of amides is 1. The van der Waals surface area contributed by atoms with Crippen molar-refractivity contribution in [2.45, 2.75) is 32.9 Å². The first kappa shape index (κ1) is 17.6. The van der Waals surface area contributed by atoms with Gasteiger partial charge in [0.2, 0.25) is 0 Å². The van der Waals surface area contributed by atoms with Gasteiger partial charge in [-0.15, -0.1) is 0 Å². The number of hydrogen-bond acceptors (Lipinski definition) is 5. The molecule has 2 N–H and O–H groups in total. The third-order valence-corrected chi connectivity index (χ3v) is 4.52. The van der Waals surface area contributed by atoms with Crippen molar-refractivity contribution in [3.63, 3.8) is 0 Å². The molecule has 0 bridgehead atoms. The van der Waals surface area contributed by atoms with Gasteiger partial charge in [-0.1, -0.05) is 12.1 Å². The van der Waals surface area contributed by atoms with Crippen LogP contribution in [0.5, 0.6) is 0 Å². The third kappa shape index (κ3) is 4.24. The maximum Gasteiger partial charge on any atom is 0.251 e. The van der Waals surface area contributed by atoms with Crippen LogP contribution in [-0.2, 0) is 4.74 Å². The summed E-state index contributed by atoms with van der Waals surface area (Å²) in [5.74, 6) is 1.27. The SMILES string of the molecule is Cc1nc(-c2cccc(C(=O)NC[C@@H](C)N3CCOC[C@H]3C)c2)n[nH]1. The quantitative estimate of drug-likeness (QED) is 0.862. The van der Waals surface area contributed by atoms with Gasteiger partial charge in [0.25, 0.3) is 5.91 Å². The Hall–Kier alpha value is -2.25. The van der Waals surface area contributed by atoms with Crippen LogP contribution in [0.25, 0.3) is 11.4 Å². The summed E-state index contributed by atoms with van der Waals surface area (Å²) < 4.78 is 5.47. The molecule has 1 aromatic heterocycles. The van der Waals surface area contributed by atoms with Gasteiger partial charge in [0, 0.05) is 36.3 Å². The van der Waals surface area contributed by atoms with Gasteiger partial charge in [-0.3, -0.25) is 14.8 Å². The molecule has 1 saturated heterocycles. The van der Waals surface area contributed by atoms with Gasteiger partial charge >= 0.3 is 0 Å². The van der Waals surface area contributed by atoms with Crippen LogP contribution in [0.3, 0.4) is 0 Å². The van der Waals surface area contributed by atoms with Crippen molar-refractivity contribution in [2.75, 3.05) is 26.3 Å². The summed E-state index contributed by atoms with van der Waals surface area (Å²) in [6.07, 6.45) is 0. The fourth-order valence-corrected chi connectivity index (χ4v) is 3.13. The molecule has 25 heavy (non-hydrogen) atoms. The molecule has 0 aliphatic carbocycles. The minimum atomic E-state index is -0.0816. The number of carbonyl (C=O) groups excluding carboxylic acids is 1. The van der Waals surface area contributed by atoms with Crippen LogP contribution < -0.4 is 5.32 Å². The van der Waals surface area contributed by atoms with Crippen LogP contribution in [0.4, 0.5) is 0 Å². The number of hydrogen-bond donors (Lipinski definition) is 2. The molecule has 0 saturated carbocycles. The van der Waals surface area contributed by atoms with Gasteiger partial charge in [-0.25, -0.2) is 4.98 Å². The monoisotopic (exact) mass is 343 g/mol. The van der Waals surface area contributed by atoms with E-state index in [2.05, 4.69) is 39.2 Å². The average Bonchev–Trinajstić information content (AvgIpc) is 3.06. The zero-order valence-electron chi connectivity index (χ0n) is 15.0. The Kier molecular flexibility index (Phi) is 5.45. The van der Waals surface area contributed by atoms with E-state index in [1.165, 1.54) is 0 Å². The lowest BCUT2D eigenvalue weighted by atomic mass is 10.1. The van der Waals surface area contributed by atoms with Crippen LogP contribution in [-0.4, -0.2) is 64.4 Å². The Balaban J connectivity index is 1.61. The molecule has 2 heterocycles. The highest BCUT2D eigenvalue weighted by Crippen LogP contribution is 2.16. The lowest BCUT2D eigenvalue weighted by molar-refractivity contribution is -0.0178. The van der Waals surface area contributed by atoms with E-state index in [9.17, 15) is 4.79 Å². The van der Waals surface area contributed by atoms with Gasteiger partial charge in [0.05, 0.1) is 13.2 Å². The van der Waals surface area contributed by atoms with E-state index in [1.54, 1.807) is 6.07 Å². The number of morpholine rings is 1. The molecule has 3 rings (SSSR count). The summed E-state index contributed by atoms with van der Waals surface area (Å²) in [4.78, 5) is 19.2. The molecule has 134 valence electrons. The maximum atomic E-state index is 12.5. The van der Waals surface area contributed by atoms with E-state index in [4.69, 9.17) is 4.74 Å². The van der Waals surface area contributed by atoms with Crippen LogP contribution in [0.2, 0.25) is 0 Å². The molecule has 7 heteroatoms. The summed E-state index contributed by atoms with van der Waals surface area (Å²) in [6, 6.07) is 8.01. The summed E-state index contributed by atoms with van der Waals surface area (Å²) in [6.45, 7) is 9.14. The van der Waals surface area contributed by atoms with Crippen molar-refractivity contribution < 1.29 is 9.53 Å². The van der Waals surface area contributed by atoms with Crippen molar-refractivity contribution in [1.82, 2.24) is 25.4 Å². The predicted octanol–water partition coefficient (Wildman–Crippen LogP) is 1.62. The van der Waals surface area contributed by atoms with Gasteiger partial charge in [-0.05, 0) is 32.9 Å². The Labute approximate surface area is 147 Å². The molecule has 0 radical (unpaired) electrons. The molecule has 0 spiro atoms. The third-order valence-electron chi connectivity index (χ3n) is 4.52. The van der Waals surface area contributed by atoms with E-state index in [-0.39, 0.29) is 11.9 Å². The number of rotatable bonds is 5. The fourth-order valence-electron chi connectivity index (χ4n) is 3.13. The van der Waals surface area contributed by atoms with Crippen molar-refractivity contribution in [1.29, 1.82) is 0 Å². The second-order valence-electron chi connectivity index (χ2n) is 6.55. The van der Waals surface area contributed by atoms with E-state index in [0.29, 0.717) is 24.0 Å². The lowest BCUT2D eigenvalue weighted by Gasteiger charge is -2.37. The Morgan fingerprint density at radius 1 is 1.52 bits per heavy atom. The summed E-state index contributed by atoms with van der Waals surface area (Å²) in [7, 11) is 0. The first-order chi connectivity index (χ1) is 12.0. The molecule has 1 aliphatic heterocycles. The maximum absolute atomic E-state index is 12.5. The van der Waals surface area contributed by atoms with Crippen molar-refractivity contribution >= 4 is 5.91 Å². The van der Waals surface area contributed by atoms with Gasteiger partial charge in [0.1, 0.15) is 5.82 Å². The molecule has 7 nitrogen and oxygen atoms in total. The number of carbonyl (C=O) groups is 1. The van der Waals surface area contributed by atoms with Crippen molar-refractivity contribution in [3.05, 3.63) is 35.7 Å². The molecular weight excluding hydrogens is 318 g/mol. The topological polar surface area (TPSA) is 83.1 Å². The highest BCUT2D eigenvalue weighted by atomic mass is 16.5. The predicted molar refractivity (Wildman–Crippen MR) is 95.3 cm³/mol. The van der Waals surface area contributed by atoms with Crippen molar-refractivity contribution in [2.24, 2.45) is 0 Å². The number of nitrogens with zero attached hydrogens (tertiary/aromatic N) is 3. The fraction of sp³-hybridized carbons (Fsp3) is 0.500. The van der Waals surface area contributed by atoms with E-state index in [0.717, 1.165) is 31.1 Å². The lowest BCUT2D eigenvalue weighted by Crippen LogP contribution is -2.51. The molecule has 1 aromatic carbocycles. The van der Waals surface area contributed by atoms with Crippen molar-refractivity contribution in [3.8, 4) is 11.4 Å². The van der Waals surface area contributed by atoms with Crippen LogP contribution in [0, 0.1) is 6.92 Å². The standard InChI is InChI=1S/C18H25N5O2/c1-12(23-7-8-25-11-13(23)2)10-19-18(24)16-6-4-5-15(9-16)17-20-14(3)21-22-17/h4-6,9,12-13H,7-8,10-11H2,1-3H3,(H,19,24)(H,20,21,22)/t12-,13-/m1/s1. The zero-order chi connectivity index (χ0) is 17.8. The molecule has 2 atom stereocenters. The average molecular weight is 343 g/mol. The van der Waals surface area contributed by atoms with Gasteiger partial charge in [0.15, 0.2) is 5.82 Å². The smallest absolute Gasteiger partial charge is 0.251 e. The van der Waals surface area contributed by atoms with Gasteiger partial charge < -0.3 is 10.1 Å². The second-order valence-corrected chi connectivity index (χ2v) is 6.55. The first-order valence-corrected chi connectivity index (χ1v) is 8.65. The van der Waals surface area contributed by atoms with Crippen LogP contribution in [0.15, 0.2) is 24.3 Å². The molecule has 0 unspecified atom stereocenters. The normalized spacial score (nSPS) is 19.6. The Bertz CT molecular complexity index is 730. The molecule has 2 aromatic rings. The number of nitrogens with one attached hydrogen (secondary N) is 2. The number of ether oxygens (including phenoxy) is 1. The second kappa shape index (κ2) is 7.76. The minimum Gasteiger partial charge on any atom is -0.379 e. The van der Waals surface area contributed by atoms with E-state index in [1.807, 2.05) is 25.1 Å². The Morgan fingerprint density at radius 2 is 2.36 bits per heavy atom. The number of aryl methyl sites for hydroxylation is 1. The van der Waals surface area contributed by atoms with Gasteiger partial charge in [-0.2, -0.15) is 5.10 Å². The number of benzene rings is 1. The summed E-state index contributed by atoms with van der Waals surface area (Å²) in [5, 5.41) is 9.99. The molecular formula is C18H25N5O2. The summed E-state index contributed by atoms with van der Waals surface area (Å²) in [5.41, 5.74) is 1.44. The van der Waals surface area contributed by atoms with Crippen LogP contribution >= 0.6 is 0 Å². The zero-order valence-corrected chi connectivity index (χ0v) is 15.0.